The second-order valence-electron chi connectivity index (χ2n) is 4.66. The molecule has 0 atom stereocenters. The zero-order valence-electron chi connectivity index (χ0n) is 11.2. The molecule has 0 fully saturated rings. The number of carbonyl (C=O) groups is 1. The van der Waals surface area contributed by atoms with Crippen LogP contribution in [0.3, 0.4) is 0 Å². The summed E-state index contributed by atoms with van der Waals surface area (Å²) in [6.45, 7) is 2.99. The molecular weight excluding hydrogens is 224 g/mol. The van der Waals surface area contributed by atoms with Crippen molar-refractivity contribution in [2.45, 2.75) is 45.4 Å². The van der Waals surface area contributed by atoms with E-state index in [2.05, 4.69) is 12.2 Å². The van der Waals surface area contributed by atoms with Gasteiger partial charge in [-0.05, 0) is 30.5 Å². The average Bonchev–Trinajstić information content (AvgIpc) is 2.36. The van der Waals surface area contributed by atoms with Crippen molar-refractivity contribution in [2.75, 3.05) is 12.3 Å². The van der Waals surface area contributed by atoms with E-state index in [0.29, 0.717) is 6.42 Å². The third-order valence-electron chi connectivity index (χ3n) is 2.94. The van der Waals surface area contributed by atoms with Gasteiger partial charge in [-0.25, -0.2) is 0 Å². The Morgan fingerprint density at radius 3 is 2.83 bits per heavy atom. The van der Waals surface area contributed by atoms with Gasteiger partial charge in [0.2, 0.25) is 5.91 Å². The van der Waals surface area contributed by atoms with Crippen LogP contribution in [0.25, 0.3) is 0 Å². The van der Waals surface area contributed by atoms with E-state index < -0.39 is 0 Å². The number of hydrogen-bond acceptors (Lipinski definition) is 2. The first-order chi connectivity index (χ1) is 8.72. The number of aryl methyl sites for hydroxylation is 1. The maximum atomic E-state index is 11.6. The van der Waals surface area contributed by atoms with Crippen LogP contribution in [0.1, 0.15) is 44.6 Å². The van der Waals surface area contributed by atoms with Crippen LogP contribution >= 0.6 is 0 Å². The molecule has 1 amide bonds. The number of rotatable bonds is 8. The number of carbonyl (C=O) groups excluding carboxylic acids is 1. The number of nitrogens with one attached hydrogen (secondary N) is 1. The van der Waals surface area contributed by atoms with Gasteiger partial charge >= 0.3 is 0 Å². The van der Waals surface area contributed by atoms with Crippen molar-refractivity contribution in [3.63, 3.8) is 0 Å². The molecule has 0 radical (unpaired) electrons. The molecule has 0 unspecified atom stereocenters. The maximum absolute atomic E-state index is 11.6. The van der Waals surface area contributed by atoms with Crippen LogP contribution in [-0.2, 0) is 11.2 Å². The van der Waals surface area contributed by atoms with Gasteiger partial charge in [0.15, 0.2) is 0 Å². The molecular formula is C15H24N2O. The monoisotopic (exact) mass is 248 g/mol. The van der Waals surface area contributed by atoms with E-state index in [4.69, 9.17) is 5.73 Å². The number of amides is 1. The standard InChI is InChI=1S/C15H24N2O/c1-2-3-4-5-11-17-15(18)10-9-13-7-6-8-14(16)12-13/h6-8,12H,2-5,9-11,16H2,1H3,(H,17,18). The van der Waals surface area contributed by atoms with Crippen LogP contribution in [-0.4, -0.2) is 12.5 Å². The second-order valence-corrected chi connectivity index (χ2v) is 4.66. The second kappa shape index (κ2) is 8.56. The van der Waals surface area contributed by atoms with E-state index in [1.54, 1.807) is 0 Å². The zero-order valence-corrected chi connectivity index (χ0v) is 11.2. The number of unbranched alkanes of at least 4 members (excludes halogenated alkanes) is 3. The molecule has 18 heavy (non-hydrogen) atoms. The molecule has 100 valence electrons. The number of nitrogens with two attached hydrogens (primary N) is 1. The van der Waals surface area contributed by atoms with Crippen molar-refractivity contribution < 1.29 is 4.79 Å². The Bertz CT molecular complexity index is 363. The fourth-order valence-electron chi connectivity index (χ4n) is 1.87. The lowest BCUT2D eigenvalue weighted by molar-refractivity contribution is -0.121. The van der Waals surface area contributed by atoms with Crippen molar-refractivity contribution in [1.82, 2.24) is 5.32 Å². The quantitative estimate of drug-likeness (QED) is 0.549. The molecule has 0 spiro atoms. The lowest BCUT2D eigenvalue weighted by atomic mass is 10.1. The van der Waals surface area contributed by atoms with E-state index in [1.807, 2.05) is 24.3 Å². The van der Waals surface area contributed by atoms with Crippen LogP contribution in [0.2, 0.25) is 0 Å². The summed E-state index contributed by atoms with van der Waals surface area (Å²) in [5.74, 6) is 0.133. The third kappa shape index (κ3) is 6.28. The van der Waals surface area contributed by atoms with Crippen LogP contribution < -0.4 is 11.1 Å². The first-order valence-electron chi connectivity index (χ1n) is 6.83. The van der Waals surface area contributed by atoms with Gasteiger partial charge in [-0.15, -0.1) is 0 Å². The summed E-state index contributed by atoms with van der Waals surface area (Å²) in [6, 6.07) is 7.71. The van der Waals surface area contributed by atoms with Crippen LogP contribution in [0.5, 0.6) is 0 Å². The Morgan fingerprint density at radius 1 is 1.28 bits per heavy atom. The molecule has 0 saturated carbocycles. The highest BCUT2D eigenvalue weighted by atomic mass is 16.1. The summed E-state index contributed by atoms with van der Waals surface area (Å²) < 4.78 is 0. The van der Waals surface area contributed by atoms with Crippen molar-refractivity contribution >= 4 is 11.6 Å². The van der Waals surface area contributed by atoms with Crippen molar-refractivity contribution in [3.8, 4) is 0 Å². The van der Waals surface area contributed by atoms with Crippen molar-refractivity contribution in [3.05, 3.63) is 29.8 Å². The number of nitrogen functional groups attached to an aromatic ring is 1. The van der Waals surface area contributed by atoms with Gasteiger partial charge in [0.25, 0.3) is 0 Å². The van der Waals surface area contributed by atoms with Gasteiger partial charge in [-0.2, -0.15) is 0 Å². The van der Waals surface area contributed by atoms with E-state index >= 15 is 0 Å². The van der Waals surface area contributed by atoms with E-state index in [9.17, 15) is 4.79 Å². The number of benzene rings is 1. The number of hydrogen-bond donors (Lipinski definition) is 2. The molecule has 0 aliphatic carbocycles. The summed E-state index contributed by atoms with van der Waals surface area (Å²) in [6.07, 6.45) is 6.05. The summed E-state index contributed by atoms with van der Waals surface area (Å²) in [5.41, 5.74) is 7.57. The first-order valence-corrected chi connectivity index (χ1v) is 6.83. The molecule has 0 bridgehead atoms. The summed E-state index contributed by atoms with van der Waals surface area (Å²) >= 11 is 0. The van der Waals surface area contributed by atoms with E-state index in [1.165, 1.54) is 19.3 Å². The minimum absolute atomic E-state index is 0.133. The molecule has 0 aliphatic heterocycles. The maximum Gasteiger partial charge on any atom is 0.220 e. The zero-order chi connectivity index (χ0) is 13.2. The van der Waals surface area contributed by atoms with Gasteiger partial charge in [0.1, 0.15) is 0 Å². The molecule has 0 saturated heterocycles. The molecule has 3 N–H and O–H groups in total. The Balaban J connectivity index is 2.13. The van der Waals surface area contributed by atoms with Crippen LogP contribution in [0.4, 0.5) is 5.69 Å². The molecule has 0 aromatic heterocycles. The van der Waals surface area contributed by atoms with E-state index in [0.717, 1.165) is 30.6 Å². The highest BCUT2D eigenvalue weighted by Gasteiger charge is 2.01. The van der Waals surface area contributed by atoms with E-state index in [-0.39, 0.29) is 5.91 Å². The van der Waals surface area contributed by atoms with Gasteiger partial charge in [-0.1, -0.05) is 38.3 Å². The predicted octanol–water partition coefficient (Wildman–Crippen LogP) is 2.90. The molecule has 1 aromatic carbocycles. The average molecular weight is 248 g/mol. The lowest BCUT2D eigenvalue weighted by Gasteiger charge is -2.05. The molecule has 0 aliphatic rings. The fraction of sp³-hybridized carbons (Fsp3) is 0.533. The predicted molar refractivity (Wildman–Crippen MR) is 76.3 cm³/mol. The molecule has 1 rings (SSSR count). The fourth-order valence-corrected chi connectivity index (χ4v) is 1.87. The third-order valence-corrected chi connectivity index (χ3v) is 2.94. The first kappa shape index (κ1) is 14.6. The molecule has 3 heteroatoms. The minimum atomic E-state index is 0.133. The summed E-state index contributed by atoms with van der Waals surface area (Å²) in [5, 5.41) is 2.96. The molecule has 1 aromatic rings. The smallest absolute Gasteiger partial charge is 0.220 e. The van der Waals surface area contributed by atoms with Gasteiger partial charge in [0, 0.05) is 18.7 Å². The Kier molecular flexibility index (Phi) is 6.92. The van der Waals surface area contributed by atoms with Crippen LogP contribution in [0.15, 0.2) is 24.3 Å². The molecule has 3 nitrogen and oxygen atoms in total. The topological polar surface area (TPSA) is 55.1 Å². The van der Waals surface area contributed by atoms with Gasteiger partial charge in [0.05, 0.1) is 0 Å². The normalized spacial score (nSPS) is 10.3. The largest absolute Gasteiger partial charge is 0.399 e. The highest BCUT2D eigenvalue weighted by molar-refractivity contribution is 5.76. The van der Waals surface area contributed by atoms with Crippen molar-refractivity contribution in [1.29, 1.82) is 0 Å². The summed E-state index contributed by atoms with van der Waals surface area (Å²) in [4.78, 5) is 11.6. The summed E-state index contributed by atoms with van der Waals surface area (Å²) in [7, 11) is 0. The number of anilines is 1. The van der Waals surface area contributed by atoms with Crippen LogP contribution in [0, 0.1) is 0 Å². The Labute approximate surface area is 110 Å². The lowest BCUT2D eigenvalue weighted by Crippen LogP contribution is -2.24. The highest BCUT2D eigenvalue weighted by Crippen LogP contribution is 2.08. The SMILES string of the molecule is CCCCCCNC(=O)CCc1cccc(N)c1. The molecule has 0 heterocycles. The van der Waals surface area contributed by atoms with Gasteiger partial charge < -0.3 is 11.1 Å². The van der Waals surface area contributed by atoms with Gasteiger partial charge in [-0.3, -0.25) is 4.79 Å². The Hall–Kier alpha value is -1.51. The Morgan fingerprint density at radius 2 is 2.11 bits per heavy atom. The minimum Gasteiger partial charge on any atom is -0.399 e. The van der Waals surface area contributed by atoms with Crippen molar-refractivity contribution in [2.24, 2.45) is 0 Å².